The van der Waals surface area contributed by atoms with Crippen LogP contribution in [0, 0.1) is 5.41 Å². The minimum absolute atomic E-state index is 0.457. The van der Waals surface area contributed by atoms with Gasteiger partial charge in [-0.05, 0) is 12.8 Å². The number of nitrogens with one attached hydrogen (secondary N) is 1. The first-order chi connectivity index (χ1) is 6.69. The summed E-state index contributed by atoms with van der Waals surface area (Å²) in [6, 6.07) is -0.694. The molecule has 0 saturated heterocycles. The zero-order chi connectivity index (χ0) is 11.9. The highest BCUT2D eigenvalue weighted by molar-refractivity contribution is 5.79. The van der Waals surface area contributed by atoms with Crippen LogP contribution in [0.25, 0.3) is 0 Å². The van der Waals surface area contributed by atoms with E-state index in [0.717, 1.165) is 0 Å². The van der Waals surface area contributed by atoms with Gasteiger partial charge in [0.1, 0.15) is 0 Å². The summed E-state index contributed by atoms with van der Waals surface area (Å²) in [6.45, 7) is 1.17. The average Bonchev–Trinajstić information content (AvgIpc) is 1.91. The van der Waals surface area contributed by atoms with E-state index in [-0.39, 0.29) is 0 Å². The number of halogens is 3. The number of aliphatic carboxylic acids is 1. The maximum Gasteiger partial charge on any atom is 0.405 e. The van der Waals surface area contributed by atoms with Gasteiger partial charge in [-0.1, -0.05) is 0 Å². The van der Waals surface area contributed by atoms with Crippen LogP contribution in [-0.4, -0.2) is 29.2 Å². The molecule has 2 N–H and O–H groups in total. The Morgan fingerprint density at radius 1 is 1.40 bits per heavy atom. The van der Waals surface area contributed by atoms with E-state index < -0.39 is 42.4 Å². The summed E-state index contributed by atoms with van der Waals surface area (Å²) in [4.78, 5) is 21.1. The number of hydrogen-bond donors (Lipinski definition) is 2. The SMILES string of the molecule is CC(=O)NC1CC(C(=O)O)(C(F)(F)F)C1. The van der Waals surface area contributed by atoms with Crippen LogP contribution in [-0.2, 0) is 9.59 Å². The molecule has 1 rings (SSSR count). The van der Waals surface area contributed by atoms with Crippen molar-refractivity contribution in [1.82, 2.24) is 5.32 Å². The Bertz CT molecular complexity index is 294. The van der Waals surface area contributed by atoms with Crippen molar-refractivity contribution < 1.29 is 27.9 Å². The van der Waals surface area contributed by atoms with E-state index >= 15 is 0 Å². The van der Waals surface area contributed by atoms with Gasteiger partial charge >= 0.3 is 12.1 Å². The summed E-state index contributed by atoms with van der Waals surface area (Å²) in [6.07, 6.45) is -5.95. The maximum absolute atomic E-state index is 12.4. The van der Waals surface area contributed by atoms with Crippen LogP contribution >= 0.6 is 0 Å². The van der Waals surface area contributed by atoms with Crippen molar-refractivity contribution in [2.24, 2.45) is 5.41 Å². The van der Waals surface area contributed by atoms with Crippen molar-refractivity contribution in [3.63, 3.8) is 0 Å². The first kappa shape index (κ1) is 11.8. The largest absolute Gasteiger partial charge is 0.481 e. The van der Waals surface area contributed by atoms with Crippen LogP contribution in [0.4, 0.5) is 13.2 Å². The Kier molecular flexibility index (Phi) is 2.67. The second-order valence-corrected chi connectivity index (χ2v) is 3.69. The normalized spacial score (nSPS) is 30.5. The predicted molar refractivity (Wildman–Crippen MR) is 43.0 cm³/mol. The maximum atomic E-state index is 12.4. The van der Waals surface area contributed by atoms with E-state index in [9.17, 15) is 22.8 Å². The fourth-order valence-corrected chi connectivity index (χ4v) is 1.70. The lowest BCUT2D eigenvalue weighted by Gasteiger charge is -2.45. The standard InChI is InChI=1S/C8H10F3NO3/c1-4(13)12-5-2-7(3-5,6(14)15)8(9,10)11/h5H,2-3H2,1H3,(H,12,13)(H,14,15). The fraction of sp³-hybridized carbons (Fsp3) is 0.750. The Morgan fingerprint density at radius 3 is 2.13 bits per heavy atom. The van der Waals surface area contributed by atoms with Gasteiger partial charge in [0.25, 0.3) is 0 Å². The molecule has 0 heterocycles. The molecule has 0 bridgehead atoms. The molecule has 0 aromatic rings. The molecule has 0 aromatic carbocycles. The molecule has 1 fully saturated rings. The lowest BCUT2D eigenvalue weighted by atomic mass is 9.64. The molecular formula is C8H10F3NO3. The topological polar surface area (TPSA) is 66.4 Å². The third-order valence-corrected chi connectivity index (χ3v) is 2.55. The smallest absolute Gasteiger partial charge is 0.405 e. The second-order valence-electron chi connectivity index (χ2n) is 3.69. The lowest BCUT2D eigenvalue weighted by Crippen LogP contribution is -2.60. The fourth-order valence-electron chi connectivity index (χ4n) is 1.70. The molecular weight excluding hydrogens is 215 g/mol. The van der Waals surface area contributed by atoms with Crippen molar-refractivity contribution in [2.45, 2.75) is 32.0 Å². The third kappa shape index (κ3) is 1.91. The quantitative estimate of drug-likeness (QED) is 0.734. The lowest BCUT2D eigenvalue weighted by molar-refractivity contribution is -0.257. The summed E-state index contributed by atoms with van der Waals surface area (Å²) >= 11 is 0. The van der Waals surface area contributed by atoms with Gasteiger partial charge in [0.05, 0.1) is 0 Å². The zero-order valence-corrected chi connectivity index (χ0v) is 7.89. The van der Waals surface area contributed by atoms with Gasteiger partial charge in [-0.2, -0.15) is 13.2 Å². The highest BCUT2D eigenvalue weighted by Gasteiger charge is 2.67. The molecule has 1 saturated carbocycles. The van der Waals surface area contributed by atoms with E-state index in [2.05, 4.69) is 5.32 Å². The predicted octanol–water partition coefficient (Wildman–Crippen LogP) is 0.918. The monoisotopic (exact) mass is 225 g/mol. The summed E-state index contributed by atoms with van der Waals surface area (Å²) < 4.78 is 37.3. The Balaban J connectivity index is 2.70. The molecule has 86 valence electrons. The van der Waals surface area contributed by atoms with E-state index in [0.29, 0.717) is 0 Å². The van der Waals surface area contributed by atoms with Crippen molar-refractivity contribution in [3.05, 3.63) is 0 Å². The average molecular weight is 225 g/mol. The van der Waals surface area contributed by atoms with Crippen LogP contribution in [0.2, 0.25) is 0 Å². The first-order valence-electron chi connectivity index (χ1n) is 4.26. The van der Waals surface area contributed by atoms with Crippen molar-refractivity contribution in [2.75, 3.05) is 0 Å². The molecule has 7 heteroatoms. The number of carboxylic acid groups (broad SMARTS) is 1. The summed E-state index contributed by atoms with van der Waals surface area (Å²) in [5.74, 6) is -2.34. The van der Waals surface area contributed by atoms with Gasteiger partial charge in [0.2, 0.25) is 5.91 Å². The molecule has 0 atom stereocenters. The molecule has 0 aliphatic heterocycles. The molecule has 1 amide bonds. The van der Waals surface area contributed by atoms with E-state index in [4.69, 9.17) is 5.11 Å². The Hall–Kier alpha value is -1.27. The molecule has 0 aromatic heterocycles. The van der Waals surface area contributed by atoms with E-state index in [1.165, 1.54) is 6.92 Å². The highest BCUT2D eigenvalue weighted by atomic mass is 19.4. The third-order valence-electron chi connectivity index (χ3n) is 2.55. The molecule has 0 unspecified atom stereocenters. The number of hydrogen-bond acceptors (Lipinski definition) is 2. The number of rotatable bonds is 2. The van der Waals surface area contributed by atoms with Crippen molar-refractivity contribution >= 4 is 11.9 Å². The van der Waals surface area contributed by atoms with Crippen LogP contribution < -0.4 is 5.32 Å². The van der Waals surface area contributed by atoms with E-state index in [1.54, 1.807) is 0 Å². The Labute approximate surface area is 83.5 Å². The van der Waals surface area contributed by atoms with Gasteiger partial charge in [0, 0.05) is 13.0 Å². The molecule has 0 spiro atoms. The van der Waals surface area contributed by atoms with Gasteiger partial charge in [-0.15, -0.1) is 0 Å². The summed E-state index contributed by atoms with van der Waals surface area (Å²) in [5, 5.41) is 10.8. The number of carbonyl (C=O) groups excluding carboxylic acids is 1. The number of amides is 1. The Morgan fingerprint density at radius 2 is 1.87 bits per heavy atom. The second kappa shape index (κ2) is 3.39. The van der Waals surface area contributed by atoms with Crippen LogP contribution in [0.15, 0.2) is 0 Å². The minimum Gasteiger partial charge on any atom is -0.481 e. The molecule has 1 aliphatic carbocycles. The highest BCUT2D eigenvalue weighted by Crippen LogP contribution is 2.53. The summed E-state index contributed by atoms with van der Waals surface area (Å²) in [5.41, 5.74) is -2.68. The van der Waals surface area contributed by atoms with Gasteiger partial charge < -0.3 is 10.4 Å². The van der Waals surface area contributed by atoms with E-state index in [1.807, 2.05) is 0 Å². The van der Waals surface area contributed by atoms with Crippen LogP contribution in [0.5, 0.6) is 0 Å². The number of alkyl halides is 3. The molecule has 0 radical (unpaired) electrons. The van der Waals surface area contributed by atoms with Gasteiger partial charge in [-0.3, -0.25) is 9.59 Å². The van der Waals surface area contributed by atoms with Crippen LogP contribution in [0.3, 0.4) is 0 Å². The molecule has 4 nitrogen and oxygen atoms in total. The zero-order valence-electron chi connectivity index (χ0n) is 7.89. The molecule has 15 heavy (non-hydrogen) atoms. The summed E-state index contributed by atoms with van der Waals surface area (Å²) in [7, 11) is 0. The number of carboxylic acids is 1. The molecule has 1 aliphatic rings. The number of carbonyl (C=O) groups is 2. The van der Waals surface area contributed by atoms with Crippen molar-refractivity contribution in [3.8, 4) is 0 Å². The minimum atomic E-state index is -4.77. The van der Waals surface area contributed by atoms with Crippen LogP contribution in [0.1, 0.15) is 19.8 Å². The van der Waals surface area contributed by atoms with Gasteiger partial charge in [-0.25, -0.2) is 0 Å². The first-order valence-corrected chi connectivity index (χ1v) is 4.26. The van der Waals surface area contributed by atoms with Gasteiger partial charge in [0.15, 0.2) is 5.41 Å². The van der Waals surface area contributed by atoms with Crippen molar-refractivity contribution in [1.29, 1.82) is 0 Å².